The summed E-state index contributed by atoms with van der Waals surface area (Å²) >= 11 is 0. The van der Waals surface area contributed by atoms with Gasteiger partial charge in [-0.2, -0.15) is 0 Å². The summed E-state index contributed by atoms with van der Waals surface area (Å²) in [6.07, 6.45) is 0.937. The van der Waals surface area contributed by atoms with Crippen molar-refractivity contribution in [3.8, 4) is 11.4 Å². The smallest absolute Gasteiger partial charge is 0.323 e. The molecule has 3 N–H and O–H groups in total. The standard InChI is InChI=1S/C18H20N6O2/c25-18-21-13-2-1-11(9-14(13)22-18)16-20-15-10-19-4-3-12(15)17(23-16)24-5-7-26-8-6-24/h1-2,9,19H,3-8,10H2,(H2,21,22,25). The van der Waals surface area contributed by atoms with E-state index in [0.717, 1.165) is 73.9 Å². The highest BCUT2D eigenvalue weighted by Crippen LogP contribution is 2.28. The molecule has 8 nitrogen and oxygen atoms in total. The SMILES string of the molecule is O=c1[nH]c2ccc(-c3nc4c(c(N5CCOCC5)n3)CCNC4)cc2[nH]1. The first kappa shape index (κ1) is 15.5. The zero-order valence-corrected chi connectivity index (χ0v) is 14.3. The highest BCUT2D eigenvalue weighted by molar-refractivity contribution is 5.80. The minimum absolute atomic E-state index is 0.207. The Morgan fingerprint density at radius 3 is 2.81 bits per heavy atom. The summed E-state index contributed by atoms with van der Waals surface area (Å²) in [5, 5.41) is 3.40. The largest absolute Gasteiger partial charge is 0.378 e. The number of benzene rings is 1. The Bertz CT molecular complexity index is 1020. The number of imidazole rings is 1. The van der Waals surface area contributed by atoms with E-state index in [-0.39, 0.29) is 5.69 Å². The molecular weight excluding hydrogens is 332 g/mol. The summed E-state index contributed by atoms with van der Waals surface area (Å²) in [5.41, 5.74) is 4.54. The third kappa shape index (κ3) is 2.67. The van der Waals surface area contributed by atoms with Crippen molar-refractivity contribution in [2.45, 2.75) is 13.0 Å². The van der Waals surface area contributed by atoms with Gasteiger partial charge >= 0.3 is 5.69 Å². The maximum Gasteiger partial charge on any atom is 0.323 e. The summed E-state index contributed by atoms with van der Waals surface area (Å²) in [5.74, 6) is 1.72. The number of anilines is 1. The molecule has 0 atom stereocenters. The molecule has 2 aliphatic rings. The van der Waals surface area contributed by atoms with Crippen LogP contribution in [-0.4, -0.2) is 52.8 Å². The van der Waals surface area contributed by atoms with Gasteiger partial charge in [0.15, 0.2) is 5.82 Å². The second-order valence-corrected chi connectivity index (χ2v) is 6.66. The minimum Gasteiger partial charge on any atom is -0.378 e. The Morgan fingerprint density at radius 1 is 1.08 bits per heavy atom. The molecule has 1 fully saturated rings. The predicted molar refractivity (Wildman–Crippen MR) is 98.4 cm³/mol. The van der Waals surface area contributed by atoms with Gasteiger partial charge < -0.3 is 24.9 Å². The molecule has 2 aliphatic heterocycles. The van der Waals surface area contributed by atoms with Gasteiger partial charge in [0, 0.05) is 30.8 Å². The maximum atomic E-state index is 11.5. The van der Waals surface area contributed by atoms with Gasteiger partial charge in [-0.3, -0.25) is 0 Å². The third-order valence-electron chi connectivity index (χ3n) is 5.00. The molecule has 1 saturated heterocycles. The van der Waals surface area contributed by atoms with Gasteiger partial charge in [-0.1, -0.05) is 0 Å². The number of rotatable bonds is 2. The molecule has 4 heterocycles. The van der Waals surface area contributed by atoms with Gasteiger partial charge in [0.2, 0.25) is 0 Å². The van der Waals surface area contributed by atoms with Crippen LogP contribution in [0.5, 0.6) is 0 Å². The summed E-state index contributed by atoms with van der Waals surface area (Å²) in [6.45, 7) is 4.85. The van der Waals surface area contributed by atoms with Crippen LogP contribution in [0.15, 0.2) is 23.0 Å². The van der Waals surface area contributed by atoms with Gasteiger partial charge in [0.25, 0.3) is 0 Å². The molecule has 5 rings (SSSR count). The van der Waals surface area contributed by atoms with Crippen molar-refractivity contribution in [2.75, 3.05) is 37.7 Å². The maximum absolute atomic E-state index is 11.5. The van der Waals surface area contributed by atoms with Crippen molar-refractivity contribution < 1.29 is 4.74 Å². The van der Waals surface area contributed by atoms with Crippen LogP contribution < -0.4 is 15.9 Å². The van der Waals surface area contributed by atoms with E-state index in [9.17, 15) is 4.79 Å². The molecule has 0 amide bonds. The van der Waals surface area contributed by atoms with E-state index in [1.807, 2.05) is 18.2 Å². The van der Waals surface area contributed by atoms with Gasteiger partial charge in [0.05, 0.1) is 29.9 Å². The van der Waals surface area contributed by atoms with Crippen molar-refractivity contribution in [1.29, 1.82) is 0 Å². The number of nitrogens with zero attached hydrogens (tertiary/aromatic N) is 3. The van der Waals surface area contributed by atoms with Crippen molar-refractivity contribution in [3.63, 3.8) is 0 Å². The number of morpholine rings is 1. The molecular formula is C18H20N6O2. The first-order chi connectivity index (χ1) is 12.8. The van der Waals surface area contributed by atoms with E-state index in [0.29, 0.717) is 5.82 Å². The quantitative estimate of drug-likeness (QED) is 0.631. The van der Waals surface area contributed by atoms with E-state index in [2.05, 4.69) is 20.2 Å². The lowest BCUT2D eigenvalue weighted by atomic mass is 10.1. The molecule has 0 aliphatic carbocycles. The molecule has 0 radical (unpaired) electrons. The number of hydrogen-bond donors (Lipinski definition) is 3. The highest BCUT2D eigenvalue weighted by atomic mass is 16.5. The molecule has 0 unspecified atom stereocenters. The Morgan fingerprint density at radius 2 is 1.92 bits per heavy atom. The number of fused-ring (bicyclic) bond motifs is 2. The fraction of sp³-hybridized carbons (Fsp3) is 0.389. The van der Waals surface area contributed by atoms with Gasteiger partial charge in [-0.25, -0.2) is 14.8 Å². The van der Waals surface area contributed by atoms with E-state index >= 15 is 0 Å². The number of nitrogens with one attached hydrogen (secondary N) is 3. The van der Waals surface area contributed by atoms with E-state index in [1.165, 1.54) is 5.56 Å². The average Bonchev–Trinajstić information content (AvgIpc) is 3.07. The third-order valence-corrected chi connectivity index (χ3v) is 5.00. The van der Waals surface area contributed by atoms with Crippen LogP contribution in [0.1, 0.15) is 11.3 Å². The van der Waals surface area contributed by atoms with Gasteiger partial charge in [0.1, 0.15) is 5.82 Å². The number of aromatic nitrogens is 4. The monoisotopic (exact) mass is 352 g/mol. The van der Waals surface area contributed by atoms with Crippen LogP contribution in [-0.2, 0) is 17.7 Å². The molecule has 134 valence electrons. The fourth-order valence-electron chi connectivity index (χ4n) is 3.68. The zero-order valence-electron chi connectivity index (χ0n) is 14.3. The first-order valence-corrected chi connectivity index (χ1v) is 8.93. The molecule has 2 aromatic heterocycles. The summed E-state index contributed by atoms with van der Waals surface area (Å²) in [4.78, 5) is 29.1. The van der Waals surface area contributed by atoms with Crippen molar-refractivity contribution in [2.24, 2.45) is 0 Å². The zero-order chi connectivity index (χ0) is 17.5. The van der Waals surface area contributed by atoms with Gasteiger partial charge in [-0.15, -0.1) is 0 Å². The van der Waals surface area contributed by atoms with Crippen LogP contribution in [0, 0.1) is 0 Å². The molecule has 1 aromatic carbocycles. The molecule has 3 aromatic rings. The topological polar surface area (TPSA) is 98.9 Å². The van der Waals surface area contributed by atoms with Gasteiger partial charge in [-0.05, 0) is 31.2 Å². The van der Waals surface area contributed by atoms with E-state index in [4.69, 9.17) is 14.7 Å². The molecule has 26 heavy (non-hydrogen) atoms. The second kappa shape index (κ2) is 6.22. The first-order valence-electron chi connectivity index (χ1n) is 8.93. The summed E-state index contributed by atoms with van der Waals surface area (Å²) in [7, 11) is 0. The molecule has 0 bridgehead atoms. The van der Waals surface area contributed by atoms with Crippen LogP contribution >= 0.6 is 0 Å². The van der Waals surface area contributed by atoms with Crippen LogP contribution in [0.4, 0.5) is 5.82 Å². The molecule has 0 spiro atoms. The Hall–Kier alpha value is -2.71. The summed E-state index contributed by atoms with van der Waals surface area (Å²) in [6, 6.07) is 5.76. The normalized spacial score (nSPS) is 17.5. The molecule has 0 saturated carbocycles. The number of aromatic amines is 2. The van der Waals surface area contributed by atoms with Crippen molar-refractivity contribution in [1.82, 2.24) is 25.3 Å². The Kier molecular flexibility index (Phi) is 3.72. The lowest BCUT2D eigenvalue weighted by Crippen LogP contribution is -2.39. The van der Waals surface area contributed by atoms with Crippen LogP contribution in [0.25, 0.3) is 22.4 Å². The minimum atomic E-state index is -0.207. The summed E-state index contributed by atoms with van der Waals surface area (Å²) < 4.78 is 5.50. The van der Waals surface area contributed by atoms with E-state index < -0.39 is 0 Å². The van der Waals surface area contributed by atoms with Crippen molar-refractivity contribution in [3.05, 3.63) is 39.9 Å². The van der Waals surface area contributed by atoms with Crippen LogP contribution in [0.3, 0.4) is 0 Å². The average molecular weight is 352 g/mol. The Labute approximate surface area is 149 Å². The van der Waals surface area contributed by atoms with E-state index in [1.54, 1.807) is 0 Å². The number of ether oxygens (including phenoxy) is 1. The number of hydrogen-bond acceptors (Lipinski definition) is 6. The lowest BCUT2D eigenvalue weighted by Gasteiger charge is -2.31. The number of H-pyrrole nitrogens is 2. The lowest BCUT2D eigenvalue weighted by molar-refractivity contribution is 0.122. The van der Waals surface area contributed by atoms with Crippen LogP contribution in [0.2, 0.25) is 0 Å². The molecule has 8 heteroatoms. The highest BCUT2D eigenvalue weighted by Gasteiger charge is 2.23. The second-order valence-electron chi connectivity index (χ2n) is 6.66. The predicted octanol–water partition coefficient (Wildman–Crippen LogP) is 0.795. The fourth-order valence-corrected chi connectivity index (χ4v) is 3.68. The van der Waals surface area contributed by atoms with Crippen molar-refractivity contribution >= 4 is 16.9 Å². The Balaban J connectivity index is 1.64.